The molecule has 1 aliphatic rings. The van der Waals surface area contributed by atoms with Crippen molar-refractivity contribution in [3.05, 3.63) is 23.8 Å². The molecule has 1 atom stereocenters. The molecule has 1 saturated carbocycles. The van der Waals surface area contributed by atoms with Crippen molar-refractivity contribution in [1.82, 2.24) is 0 Å². The Kier molecular flexibility index (Phi) is 6.21. The van der Waals surface area contributed by atoms with Crippen LogP contribution in [-0.2, 0) is 0 Å². The monoisotopic (exact) mass is 340 g/mol. The van der Waals surface area contributed by atoms with Crippen LogP contribution in [0.2, 0.25) is 0 Å². The van der Waals surface area contributed by atoms with Crippen LogP contribution in [0.25, 0.3) is 0 Å². The van der Waals surface area contributed by atoms with E-state index in [1.807, 2.05) is 12.1 Å². The van der Waals surface area contributed by atoms with E-state index < -0.39 is 0 Å². The van der Waals surface area contributed by atoms with E-state index in [4.69, 9.17) is 9.47 Å². The lowest BCUT2D eigenvalue weighted by Gasteiger charge is -2.26. The molecule has 3 heteroatoms. The fourth-order valence-electron chi connectivity index (χ4n) is 3.09. The molecule has 112 valence electrons. The van der Waals surface area contributed by atoms with E-state index in [2.05, 4.69) is 22.0 Å². The Morgan fingerprint density at radius 3 is 2.25 bits per heavy atom. The molecule has 1 aliphatic carbocycles. The van der Waals surface area contributed by atoms with Crippen molar-refractivity contribution in [2.75, 3.05) is 14.2 Å². The highest BCUT2D eigenvalue weighted by Crippen LogP contribution is 2.43. The van der Waals surface area contributed by atoms with Gasteiger partial charge in [0.15, 0.2) is 0 Å². The third kappa shape index (κ3) is 3.91. The zero-order valence-corrected chi connectivity index (χ0v) is 14.1. The third-order valence-electron chi connectivity index (χ3n) is 4.30. The molecule has 0 spiro atoms. The maximum Gasteiger partial charge on any atom is 0.123 e. The quantitative estimate of drug-likeness (QED) is 0.673. The first-order chi connectivity index (χ1) is 9.76. The summed E-state index contributed by atoms with van der Waals surface area (Å²) in [6.07, 6.45) is 9.46. The Morgan fingerprint density at radius 2 is 1.65 bits per heavy atom. The molecular formula is C17H25BrO2. The predicted molar refractivity (Wildman–Crippen MR) is 87.0 cm³/mol. The maximum absolute atomic E-state index is 5.53. The molecule has 0 amide bonds. The summed E-state index contributed by atoms with van der Waals surface area (Å²) in [6.45, 7) is 0. The zero-order chi connectivity index (χ0) is 14.4. The SMILES string of the molecule is COc1ccc(OC)c(C(Br)C2CCCCCCC2)c1. The molecule has 1 aromatic rings. The Morgan fingerprint density at radius 1 is 1.00 bits per heavy atom. The number of alkyl halides is 1. The molecular weight excluding hydrogens is 316 g/mol. The first kappa shape index (κ1) is 15.7. The largest absolute Gasteiger partial charge is 0.497 e. The Bertz CT molecular complexity index is 411. The van der Waals surface area contributed by atoms with Gasteiger partial charge in [-0.25, -0.2) is 0 Å². The van der Waals surface area contributed by atoms with Crippen molar-refractivity contribution in [2.24, 2.45) is 5.92 Å². The lowest BCUT2D eigenvalue weighted by atomic mass is 9.86. The van der Waals surface area contributed by atoms with E-state index in [-0.39, 0.29) is 0 Å². The second-order valence-corrected chi connectivity index (χ2v) is 6.60. The minimum absolute atomic E-state index is 0.352. The van der Waals surface area contributed by atoms with E-state index in [9.17, 15) is 0 Å². The van der Waals surface area contributed by atoms with Crippen LogP contribution in [0.3, 0.4) is 0 Å². The average Bonchev–Trinajstić information content (AvgIpc) is 2.45. The summed E-state index contributed by atoms with van der Waals surface area (Å²) in [5.74, 6) is 2.54. The van der Waals surface area contributed by atoms with Crippen LogP contribution in [-0.4, -0.2) is 14.2 Å². The van der Waals surface area contributed by atoms with E-state index in [1.165, 1.54) is 50.5 Å². The number of methoxy groups -OCH3 is 2. The molecule has 0 saturated heterocycles. The molecule has 20 heavy (non-hydrogen) atoms. The molecule has 1 fully saturated rings. The summed E-state index contributed by atoms with van der Waals surface area (Å²) in [5.41, 5.74) is 1.22. The standard InChI is InChI=1S/C17H25BrO2/c1-19-14-10-11-16(20-2)15(12-14)17(18)13-8-6-4-3-5-7-9-13/h10-13,17H,3-9H2,1-2H3. The first-order valence-corrected chi connectivity index (χ1v) is 8.54. The Balaban J connectivity index is 2.18. The average molecular weight is 341 g/mol. The number of hydrogen-bond donors (Lipinski definition) is 0. The molecule has 2 rings (SSSR count). The van der Waals surface area contributed by atoms with Gasteiger partial charge in [-0.3, -0.25) is 0 Å². The van der Waals surface area contributed by atoms with Crippen LogP contribution < -0.4 is 9.47 Å². The van der Waals surface area contributed by atoms with Crippen LogP contribution in [0.15, 0.2) is 18.2 Å². The molecule has 0 heterocycles. The van der Waals surface area contributed by atoms with E-state index >= 15 is 0 Å². The van der Waals surface area contributed by atoms with Crippen LogP contribution in [0.4, 0.5) is 0 Å². The van der Waals surface area contributed by atoms with Gasteiger partial charge in [-0.1, -0.05) is 48.0 Å². The second-order valence-electron chi connectivity index (χ2n) is 5.61. The Labute approximate surface area is 131 Å². The number of halogens is 1. The highest BCUT2D eigenvalue weighted by Gasteiger charge is 2.24. The van der Waals surface area contributed by atoms with Gasteiger partial charge >= 0.3 is 0 Å². The summed E-state index contributed by atoms with van der Waals surface area (Å²) in [4.78, 5) is 0.352. The maximum atomic E-state index is 5.53. The summed E-state index contributed by atoms with van der Waals surface area (Å²) in [5, 5.41) is 0. The van der Waals surface area contributed by atoms with E-state index in [0.29, 0.717) is 10.7 Å². The third-order valence-corrected chi connectivity index (χ3v) is 5.54. The summed E-state index contributed by atoms with van der Waals surface area (Å²) < 4.78 is 10.9. The molecule has 0 aliphatic heterocycles. The molecule has 0 bridgehead atoms. The van der Waals surface area contributed by atoms with E-state index in [1.54, 1.807) is 14.2 Å². The molecule has 2 nitrogen and oxygen atoms in total. The molecule has 1 aromatic carbocycles. The smallest absolute Gasteiger partial charge is 0.123 e. The predicted octanol–water partition coefficient (Wildman–Crippen LogP) is 5.50. The van der Waals surface area contributed by atoms with Gasteiger partial charge < -0.3 is 9.47 Å². The van der Waals surface area contributed by atoms with Gasteiger partial charge in [0.05, 0.1) is 14.2 Å². The van der Waals surface area contributed by atoms with Gasteiger partial charge in [0.2, 0.25) is 0 Å². The number of ether oxygens (including phenoxy) is 2. The normalized spacial score (nSPS) is 18.9. The first-order valence-electron chi connectivity index (χ1n) is 7.62. The fraction of sp³-hybridized carbons (Fsp3) is 0.647. The molecule has 0 radical (unpaired) electrons. The highest BCUT2D eigenvalue weighted by atomic mass is 79.9. The summed E-state index contributed by atoms with van der Waals surface area (Å²) in [7, 11) is 3.45. The minimum atomic E-state index is 0.352. The van der Waals surface area contributed by atoms with Crippen molar-refractivity contribution < 1.29 is 9.47 Å². The number of benzene rings is 1. The lowest BCUT2D eigenvalue weighted by molar-refractivity contribution is 0.360. The van der Waals surface area contributed by atoms with Crippen molar-refractivity contribution >= 4 is 15.9 Å². The van der Waals surface area contributed by atoms with Gasteiger partial charge in [-0.15, -0.1) is 0 Å². The number of rotatable bonds is 4. The minimum Gasteiger partial charge on any atom is -0.497 e. The summed E-state index contributed by atoms with van der Waals surface area (Å²) in [6, 6.07) is 6.07. The lowest BCUT2D eigenvalue weighted by Crippen LogP contribution is -2.11. The van der Waals surface area contributed by atoms with Gasteiger partial charge in [0, 0.05) is 10.4 Å². The fourth-order valence-corrected chi connectivity index (χ4v) is 3.98. The van der Waals surface area contributed by atoms with Gasteiger partial charge in [-0.2, -0.15) is 0 Å². The van der Waals surface area contributed by atoms with Crippen LogP contribution in [0.1, 0.15) is 55.3 Å². The van der Waals surface area contributed by atoms with Crippen molar-refractivity contribution in [2.45, 2.75) is 49.8 Å². The van der Waals surface area contributed by atoms with Crippen LogP contribution in [0.5, 0.6) is 11.5 Å². The van der Waals surface area contributed by atoms with Crippen LogP contribution in [0, 0.1) is 5.92 Å². The van der Waals surface area contributed by atoms with Crippen LogP contribution >= 0.6 is 15.9 Å². The highest BCUT2D eigenvalue weighted by molar-refractivity contribution is 9.09. The topological polar surface area (TPSA) is 18.5 Å². The van der Waals surface area contributed by atoms with Gasteiger partial charge in [0.25, 0.3) is 0 Å². The van der Waals surface area contributed by atoms with Crippen molar-refractivity contribution in [3.63, 3.8) is 0 Å². The Hall–Kier alpha value is -0.700. The molecule has 1 unspecified atom stereocenters. The van der Waals surface area contributed by atoms with Gasteiger partial charge in [0.1, 0.15) is 11.5 Å². The van der Waals surface area contributed by atoms with Crippen molar-refractivity contribution in [1.29, 1.82) is 0 Å². The zero-order valence-electron chi connectivity index (χ0n) is 12.5. The number of hydrogen-bond acceptors (Lipinski definition) is 2. The molecule has 0 aromatic heterocycles. The van der Waals surface area contributed by atoms with Crippen molar-refractivity contribution in [3.8, 4) is 11.5 Å². The van der Waals surface area contributed by atoms with Gasteiger partial charge in [-0.05, 0) is 37.0 Å². The second kappa shape index (κ2) is 7.92. The van der Waals surface area contributed by atoms with E-state index in [0.717, 1.165) is 11.5 Å². The molecule has 0 N–H and O–H groups in total. The summed E-state index contributed by atoms with van der Waals surface area (Å²) >= 11 is 3.93.